The number of phenols is 1. The van der Waals surface area contributed by atoms with Gasteiger partial charge in [-0.1, -0.05) is 42.0 Å². The number of allylic oxidation sites excluding steroid dienone is 4. The molecular formula is C18H22O. The van der Waals surface area contributed by atoms with Gasteiger partial charge >= 0.3 is 0 Å². The number of aromatic hydroxyl groups is 1. The Balaban J connectivity index is 2.03. The van der Waals surface area contributed by atoms with Gasteiger partial charge in [0, 0.05) is 5.41 Å². The molecule has 1 saturated carbocycles. The molecule has 1 heteroatoms. The number of phenolic OH excluding ortho intramolecular Hbond substituents is 1. The van der Waals surface area contributed by atoms with E-state index in [1.807, 2.05) is 12.1 Å². The molecule has 0 spiro atoms. The molecule has 1 aliphatic carbocycles. The second-order valence-corrected chi connectivity index (χ2v) is 5.66. The average Bonchev–Trinajstić information content (AvgIpc) is 3.10. The summed E-state index contributed by atoms with van der Waals surface area (Å²) >= 11 is 0. The van der Waals surface area contributed by atoms with Gasteiger partial charge in [0.25, 0.3) is 0 Å². The molecule has 0 radical (unpaired) electrons. The third-order valence-electron chi connectivity index (χ3n) is 3.87. The third kappa shape index (κ3) is 3.37. The summed E-state index contributed by atoms with van der Waals surface area (Å²) in [5.74, 6) is 0.997. The largest absolute Gasteiger partial charge is 0.508 e. The van der Waals surface area contributed by atoms with E-state index in [2.05, 4.69) is 44.7 Å². The summed E-state index contributed by atoms with van der Waals surface area (Å²) in [6.07, 6.45) is 11.1. The van der Waals surface area contributed by atoms with Crippen molar-refractivity contribution in [3.63, 3.8) is 0 Å². The molecular weight excluding hydrogens is 232 g/mol. The second kappa shape index (κ2) is 5.48. The van der Waals surface area contributed by atoms with Gasteiger partial charge in [0.1, 0.15) is 5.75 Å². The van der Waals surface area contributed by atoms with Gasteiger partial charge in [-0.2, -0.15) is 0 Å². The van der Waals surface area contributed by atoms with Crippen LogP contribution in [-0.4, -0.2) is 5.11 Å². The van der Waals surface area contributed by atoms with Gasteiger partial charge in [0.15, 0.2) is 0 Å². The molecule has 0 aromatic heterocycles. The van der Waals surface area contributed by atoms with Gasteiger partial charge in [0.2, 0.25) is 0 Å². The summed E-state index contributed by atoms with van der Waals surface area (Å²) < 4.78 is 0. The standard InChI is InChI=1S/C18H22O/c1-4-18(13-16(18)8-5-14(2)3)12-11-15-6-9-17(19)10-7-15/h4-7,9-12,16,19H,1,8,13H2,2-3H3/b12-11+/t16?,18-/m0/s1. The molecule has 1 unspecified atom stereocenters. The van der Waals surface area contributed by atoms with Crippen LogP contribution in [0.5, 0.6) is 5.75 Å². The second-order valence-electron chi connectivity index (χ2n) is 5.66. The zero-order valence-electron chi connectivity index (χ0n) is 11.8. The highest BCUT2D eigenvalue weighted by Gasteiger charge is 2.48. The highest BCUT2D eigenvalue weighted by molar-refractivity contribution is 5.53. The van der Waals surface area contributed by atoms with E-state index in [9.17, 15) is 5.11 Å². The molecule has 1 N–H and O–H groups in total. The van der Waals surface area contributed by atoms with E-state index in [1.165, 1.54) is 12.0 Å². The monoisotopic (exact) mass is 254 g/mol. The van der Waals surface area contributed by atoms with Crippen LogP contribution in [0.1, 0.15) is 32.3 Å². The Morgan fingerprint density at radius 1 is 1.37 bits per heavy atom. The molecule has 1 aromatic carbocycles. The lowest BCUT2D eigenvalue weighted by Gasteiger charge is -2.05. The Bertz CT molecular complexity index is 503. The molecule has 0 aliphatic heterocycles. The molecule has 1 aromatic rings. The molecule has 2 atom stereocenters. The van der Waals surface area contributed by atoms with E-state index in [0.29, 0.717) is 11.7 Å². The lowest BCUT2D eigenvalue weighted by Crippen LogP contribution is -1.94. The first-order valence-corrected chi connectivity index (χ1v) is 6.81. The molecule has 1 aliphatic rings. The van der Waals surface area contributed by atoms with E-state index < -0.39 is 0 Å². The summed E-state index contributed by atoms with van der Waals surface area (Å²) in [6.45, 7) is 8.27. The van der Waals surface area contributed by atoms with Gasteiger partial charge in [-0.25, -0.2) is 0 Å². The van der Waals surface area contributed by atoms with Crippen molar-refractivity contribution < 1.29 is 5.11 Å². The van der Waals surface area contributed by atoms with E-state index in [4.69, 9.17) is 0 Å². The fourth-order valence-corrected chi connectivity index (χ4v) is 2.41. The van der Waals surface area contributed by atoms with Crippen LogP contribution in [0, 0.1) is 11.3 Å². The summed E-state index contributed by atoms with van der Waals surface area (Å²) in [7, 11) is 0. The van der Waals surface area contributed by atoms with Crippen molar-refractivity contribution in [1.29, 1.82) is 0 Å². The Hall–Kier alpha value is -1.76. The number of rotatable bonds is 5. The van der Waals surface area contributed by atoms with Crippen molar-refractivity contribution in [2.75, 3.05) is 0 Å². The molecule has 1 fully saturated rings. The minimum Gasteiger partial charge on any atom is -0.508 e. The molecule has 0 bridgehead atoms. The fraction of sp³-hybridized carbons (Fsp3) is 0.333. The van der Waals surface area contributed by atoms with Crippen molar-refractivity contribution >= 4 is 6.08 Å². The topological polar surface area (TPSA) is 20.2 Å². The van der Waals surface area contributed by atoms with Crippen LogP contribution < -0.4 is 0 Å². The lowest BCUT2D eigenvalue weighted by molar-refractivity contribution is 0.475. The number of benzene rings is 1. The SMILES string of the molecule is C=C[C@]1(/C=C/c2ccc(O)cc2)CC1CC=C(C)C. The summed E-state index contributed by atoms with van der Waals surface area (Å²) in [4.78, 5) is 0. The van der Waals surface area contributed by atoms with E-state index in [-0.39, 0.29) is 5.41 Å². The lowest BCUT2D eigenvalue weighted by atomic mass is 9.99. The van der Waals surface area contributed by atoms with Crippen LogP contribution in [0.4, 0.5) is 0 Å². The first-order valence-electron chi connectivity index (χ1n) is 6.81. The van der Waals surface area contributed by atoms with Crippen molar-refractivity contribution in [2.24, 2.45) is 11.3 Å². The quantitative estimate of drug-likeness (QED) is 0.737. The first-order chi connectivity index (χ1) is 9.05. The van der Waals surface area contributed by atoms with Crippen LogP contribution in [-0.2, 0) is 0 Å². The Morgan fingerprint density at radius 2 is 2.05 bits per heavy atom. The zero-order chi connectivity index (χ0) is 13.9. The zero-order valence-corrected chi connectivity index (χ0v) is 11.8. The van der Waals surface area contributed by atoms with Gasteiger partial charge in [-0.05, 0) is 50.3 Å². The highest BCUT2D eigenvalue weighted by atomic mass is 16.3. The van der Waals surface area contributed by atoms with E-state index >= 15 is 0 Å². The Labute approximate surface area is 116 Å². The van der Waals surface area contributed by atoms with Gasteiger partial charge < -0.3 is 5.11 Å². The molecule has 100 valence electrons. The summed E-state index contributed by atoms with van der Waals surface area (Å²) in [6, 6.07) is 7.29. The van der Waals surface area contributed by atoms with E-state index in [0.717, 1.165) is 12.0 Å². The van der Waals surface area contributed by atoms with E-state index in [1.54, 1.807) is 12.1 Å². The number of hydrogen-bond acceptors (Lipinski definition) is 1. The molecule has 2 rings (SSSR count). The molecule has 1 nitrogen and oxygen atoms in total. The average molecular weight is 254 g/mol. The van der Waals surface area contributed by atoms with Crippen molar-refractivity contribution in [3.8, 4) is 5.75 Å². The maximum atomic E-state index is 9.26. The minimum atomic E-state index is 0.170. The molecule has 0 amide bonds. The minimum absolute atomic E-state index is 0.170. The maximum absolute atomic E-state index is 9.26. The smallest absolute Gasteiger partial charge is 0.115 e. The molecule has 19 heavy (non-hydrogen) atoms. The van der Waals surface area contributed by atoms with Crippen LogP contribution in [0.3, 0.4) is 0 Å². The van der Waals surface area contributed by atoms with Crippen LogP contribution in [0.15, 0.2) is 54.6 Å². The predicted octanol–water partition coefficient (Wildman–Crippen LogP) is 4.95. The van der Waals surface area contributed by atoms with Crippen LogP contribution in [0.2, 0.25) is 0 Å². The normalized spacial score (nSPS) is 25.3. The van der Waals surface area contributed by atoms with Crippen LogP contribution in [0.25, 0.3) is 6.08 Å². The van der Waals surface area contributed by atoms with Crippen molar-refractivity contribution in [1.82, 2.24) is 0 Å². The summed E-state index contributed by atoms with van der Waals surface area (Å²) in [5, 5.41) is 9.26. The maximum Gasteiger partial charge on any atom is 0.115 e. The highest BCUT2D eigenvalue weighted by Crippen LogP contribution is 2.57. The van der Waals surface area contributed by atoms with Gasteiger partial charge in [-0.15, -0.1) is 6.58 Å². The summed E-state index contributed by atoms with van der Waals surface area (Å²) in [5.41, 5.74) is 2.67. The predicted molar refractivity (Wildman–Crippen MR) is 81.9 cm³/mol. The van der Waals surface area contributed by atoms with Crippen molar-refractivity contribution in [3.05, 3.63) is 60.2 Å². The van der Waals surface area contributed by atoms with Crippen LogP contribution >= 0.6 is 0 Å². The Morgan fingerprint density at radius 3 is 2.63 bits per heavy atom. The first kappa shape index (κ1) is 13.7. The van der Waals surface area contributed by atoms with Gasteiger partial charge in [-0.3, -0.25) is 0 Å². The fourth-order valence-electron chi connectivity index (χ4n) is 2.41. The van der Waals surface area contributed by atoms with Crippen molar-refractivity contribution in [2.45, 2.75) is 26.7 Å². The Kier molecular flexibility index (Phi) is 3.94. The molecule has 0 heterocycles. The molecule has 0 saturated heterocycles. The third-order valence-corrected chi connectivity index (χ3v) is 3.87. The van der Waals surface area contributed by atoms with Gasteiger partial charge in [0.05, 0.1) is 0 Å². The number of hydrogen-bond donors (Lipinski definition) is 1.